The lowest BCUT2D eigenvalue weighted by molar-refractivity contribution is -0.155. The average molecular weight is 888 g/mol. The smallest absolute Gasteiger partial charge is 0.324 e. The van der Waals surface area contributed by atoms with Crippen LogP contribution in [0.25, 0.3) is 33.3 Å². The molecule has 4 aliphatic heterocycles. The van der Waals surface area contributed by atoms with Crippen LogP contribution in [-0.4, -0.2) is 117 Å². The van der Waals surface area contributed by atoms with Crippen molar-refractivity contribution in [3.05, 3.63) is 90.3 Å². The van der Waals surface area contributed by atoms with Crippen molar-refractivity contribution in [3.63, 3.8) is 0 Å². The van der Waals surface area contributed by atoms with Crippen LogP contribution in [0.5, 0.6) is 0 Å². The molecular formula is C51H65N7O7. The SMILES string of the molecule is C=CC(=O)N1CCC2(CCN([C@H](C(=O)N[C@H]3Cc4cccc(c4)-c4ccc5c(c4)c(c(-c4cccnc4[C@H](C)OC)n5C)CC(C)(C)COC(=O)[C@@H]4CCCN(N4)C3=O)C(C)C)C2O)C1. The van der Waals surface area contributed by atoms with Gasteiger partial charge in [-0.15, -0.1) is 0 Å². The normalized spacial score (nSPS) is 24.8. The van der Waals surface area contributed by atoms with E-state index < -0.39 is 41.2 Å². The Hall–Kier alpha value is -5.41. The third-order valence-electron chi connectivity index (χ3n) is 14.3. The van der Waals surface area contributed by atoms with Crippen LogP contribution in [0.15, 0.2) is 73.4 Å². The molecule has 65 heavy (non-hydrogen) atoms. The minimum absolute atomic E-state index is 0.144. The Kier molecular flexibility index (Phi) is 13.1. The number of methoxy groups -OCH3 is 1. The summed E-state index contributed by atoms with van der Waals surface area (Å²) in [5, 5.41) is 17.6. The number of nitrogens with one attached hydrogen (secondary N) is 2. The molecule has 3 saturated heterocycles. The fraction of sp³-hybridized carbons (Fsp3) is 0.510. The predicted molar refractivity (Wildman–Crippen MR) is 249 cm³/mol. The molecule has 3 amide bonds. The van der Waals surface area contributed by atoms with E-state index in [0.29, 0.717) is 58.3 Å². The summed E-state index contributed by atoms with van der Waals surface area (Å²) in [7, 11) is 3.76. The monoisotopic (exact) mass is 887 g/mol. The number of pyridine rings is 1. The van der Waals surface area contributed by atoms with Crippen LogP contribution in [-0.2, 0) is 48.5 Å². The molecule has 4 aromatic rings. The minimum atomic E-state index is -1.01. The summed E-state index contributed by atoms with van der Waals surface area (Å²) in [6.45, 7) is 15.6. The number of carbonyl (C=O) groups is 4. The van der Waals surface area contributed by atoms with Crippen molar-refractivity contribution in [3.8, 4) is 22.4 Å². The number of rotatable bonds is 8. The fourth-order valence-electron chi connectivity index (χ4n) is 10.8. The number of amides is 3. The Balaban J connectivity index is 1.17. The number of carbonyl (C=O) groups excluding carboxylic acids is 4. The van der Waals surface area contributed by atoms with Gasteiger partial charge < -0.3 is 29.4 Å². The third-order valence-corrected chi connectivity index (χ3v) is 14.3. The zero-order valence-corrected chi connectivity index (χ0v) is 38.9. The molecule has 346 valence electrons. The first-order valence-electron chi connectivity index (χ1n) is 23.1. The van der Waals surface area contributed by atoms with Crippen molar-refractivity contribution in [2.45, 2.75) is 104 Å². The zero-order valence-electron chi connectivity index (χ0n) is 38.9. The van der Waals surface area contributed by atoms with E-state index in [1.54, 1.807) is 18.2 Å². The van der Waals surface area contributed by atoms with Gasteiger partial charge in [-0.05, 0) is 97.5 Å². The first-order valence-corrected chi connectivity index (χ1v) is 23.1. The lowest BCUT2D eigenvalue weighted by Gasteiger charge is -2.38. The number of ether oxygens (including phenoxy) is 2. The maximum Gasteiger partial charge on any atom is 0.324 e. The average Bonchev–Trinajstić information content (AvgIpc) is 3.96. The number of aromatic nitrogens is 2. The van der Waals surface area contributed by atoms with E-state index in [2.05, 4.69) is 79.2 Å². The second-order valence-corrected chi connectivity index (χ2v) is 19.8. The molecule has 0 aliphatic carbocycles. The van der Waals surface area contributed by atoms with Crippen molar-refractivity contribution in [2.75, 3.05) is 39.9 Å². The second kappa shape index (κ2) is 18.5. The summed E-state index contributed by atoms with van der Waals surface area (Å²) in [4.78, 5) is 64.2. The fourth-order valence-corrected chi connectivity index (χ4v) is 10.8. The lowest BCUT2D eigenvalue weighted by atomic mass is 9.84. The first-order chi connectivity index (χ1) is 31.0. The lowest BCUT2D eigenvalue weighted by Crippen LogP contribution is -2.62. The van der Waals surface area contributed by atoms with Crippen molar-refractivity contribution in [2.24, 2.45) is 23.8 Å². The summed E-state index contributed by atoms with van der Waals surface area (Å²) in [6, 6.07) is 16.1. The van der Waals surface area contributed by atoms with Gasteiger partial charge in [0.2, 0.25) is 11.8 Å². The van der Waals surface area contributed by atoms with E-state index in [-0.39, 0.29) is 42.8 Å². The topological polar surface area (TPSA) is 159 Å². The highest BCUT2D eigenvalue weighted by atomic mass is 16.5. The molecule has 3 N–H and O–H groups in total. The van der Waals surface area contributed by atoms with Gasteiger partial charge in [-0.3, -0.25) is 34.1 Å². The molecule has 6 atom stereocenters. The number of benzene rings is 2. The largest absolute Gasteiger partial charge is 0.464 e. The first kappa shape index (κ1) is 46.1. The van der Waals surface area contributed by atoms with Gasteiger partial charge in [0.1, 0.15) is 18.3 Å². The summed E-state index contributed by atoms with van der Waals surface area (Å²) in [6.07, 6.45) is 4.95. The molecule has 2 aromatic heterocycles. The van der Waals surface area contributed by atoms with Crippen LogP contribution >= 0.6 is 0 Å². The Morgan fingerprint density at radius 2 is 1.82 bits per heavy atom. The number of esters is 1. The standard InChI is InChI=1S/C51H65N7O7/c1-9-42(59)56-23-19-51(29-56)20-24-57(49(51)63)44(31(2)3)46(60)53-40-26-33-13-10-14-34(25-33)35-17-18-41-37(27-35)38(45(55(41)7)36-15-11-21-52-43(36)32(4)64-8)28-50(5,6)30-65-48(62)39-16-12-22-58(54-39)47(40)61/h9-11,13-15,17-18,21,25,27,31-32,39-40,44,49,54,63H,1,12,16,19-20,22-24,26,28-30H2,2-8H3,(H,53,60)/t32-,39-,40-,44-,49?,51?/m0/s1. The highest BCUT2D eigenvalue weighted by Crippen LogP contribution is 2.45. The second-order valence-electron chi connectivity index (χ2n) is 19.8. The molecule has 6 bridgehead atoms. The Labute approximate surface area is 382 Å². The number of likely N-dealkylation sites (tertiary alicyclic amines) is 2. The summed E-state index contributed by atoms with van der Waals surface area (Å²) < 4.78 is 14.1. The maximum atomic E-state index is 14.8. The molecule has 14 heteroatoms. The number of nitrogens with zero attached hydrogens (tertiary/aromatic N) is 5. The summed E-state index contributed by atoms with van der Waals surface area (Å²) in [5.74, 6) is -1.55. The van der Waals surface area contributed by atoms with Crippen LogP contribution in [0.2, 0.25) is 0 Å². The van der Waals surface area contributed by atoms with Gasteiger partial charge in [-0.1, -0.05) is 64.6 Å². The van der Waals surface area contributed by atoms with E-state index in [0.717, 1.165) is 50.1 Å². The number of fused-ring (bicyclic) bond motifs is 6. The van der Waals surface area contributed by atoms with E-state index in [4.69, 9.17) is 14.5 Å². The molecular weight excluding hydrogens is 823 g/mol. The van der Waals surface area contributed by atoms with E-state index >= 15 is 0 Å². The number of hydrazine groups is 1. The molecule has 4 aliphatic rings. The molecule has 2 unspecified atom stereocenters. The van der Waals surface area contributed by atoms with Crippen LogP contribution in [0.1, 0.15) is 83.2 Å². The van der Waals surface area contributed by atoms with Crippen LogP contribution < -0.4 is 10.7 Å². The van der Waals surface area contributed by atoms with Crippen molar-refractivity contribution in [1.82, 2.24) is 35.1 Å². The summed E-state index contributed by atoms with van der Waals surface area (Å²) >= 11 is 0. The zero-order chi connectivity index (χ0) is 46.4. The maximum absolute atomic E-state index is 14.8. The van der Waals surface area contributed by atoms with Crippen molar-refractivity contribution < 1.29 is 33.8 Å². The van der Waals surface area contributed by atoms with Crippen LogP contribution in [0.3, 0.4) is 0 Å². The molecule has 14 nitrogen and oxygen atoms in total. The molecule has 8 rings (SSSR count). The van der Waals surface area contributed by atoms with Gasteiger partial charge >= 0.3 is 5.97 Å². The van der Waals surface area contributed by atoms with Crippen LogP contribution in [0, 0.1) is 16.7 Å². The van der Waals surface area contributed by atoms with E-state index in [1.807, 2.05) is 43.9 Å². The van der Waals surface area contributed by atoms with Crippen LogP contribution in [0.4, 0.5) is 0 Å². The quantitative estimate of drug-likeness (QED) is 0.148. The molecule has 6 heterocycles. The van der Waals surface area contributed by atoms with Crippen molar-refractivity contribution >= 4 is 34.6 Å². The summed E-state index contributed by atoms with van der Waals surface area (Å²) in [5.41, 5.74) is 9.91. The number of aryl methyl sites for hydroxylation is 1. The van der Waals surface area contributed by atoms with E-state index in [9.17, 15) is 24.3 Å². The molecule has 1 spiro atoms. The van der Waals surface area contributed by atoms with Gasteiger partial charge in [0, 0.05) is 80.3 Å². The van der Waals surface area contributed by atoms with Gasteiger partial charge in [0.25, 0.3) is 5.91 Å². The van der Waals surface area contributed by atoms with Gasteiger partial charge in [0.15, 0.2) is 0 Å². The minimum Gasteiger partial charge on any atom is -0.464 e. The van der Waals surface area contributed by atoms with Gasteiger partial charge in [-0.25, -0.2) is 5.43 Å². The number of hydrogen-bond acceptors (Lipinski definition) is 10. The van der Waals surface area contributed by atoms with Crippen molar-refractivity contribution in [1.29, 1.82) is 0 Å². The molecule has 0 saturated carbocycles. The van der Waals surface area contributed by atoms with Gasteiger partial charge in [0.05, 0.1) is 30.1 Å². The number of hydrogen-bond donors (Lipinski definition) is 3. The Bertz CT molecular complexity index is 2480. The molecule has 0 radical (unpaired) electrons. The third kappa shape index (κ3) is 8.97. The molecule has 2 aromatic carbocycles. The Morgan fingerprint density at radius 3 is 2.57 bits per heavy atom. The Morgan fingerprint density at radius 1 is 1.05 bits per heavy atom. The highest BCUT2D eigenvalue weighted by molar-refractivity contribution is 5.95. The number of aliphatic hydroxyl groups excluding tert-OH is 1. The molecule has 3 fully saturated rings. The van der Waals surface area contributed by atoms with E-state index in [1.165, 1.54) is 11.1 Å². The van der Waals surface area contributed by atoms with Gasteiger partial charge in [-0.2, -0.15) is 0 Å². The highest BCUT2D eigenvalue weighted by Gasteiger charge is 2.54. The predicted octanol–water partition coefficient (Wildman–Crippen LogP) is 5.72. The number of aliphatic hydroxyl groups is 1. The number of cyclic esters (lactones) is 1.